The second kappa shape index (κ2) is 6.25. The summed E-state index contributed by atoms with van der Waals surface area (Å²) in [7, 11) is 0. The van der Waals surface area contributed by atoms with E-state index in [-0.39, 0.29) is 11.3 Å². The van der Waals surface area contributed by atoms with Crippen molar-refractivity contribution in [3.63, 3.8) is 0 Å². The number of hydrogen-bond acceptors (Lipinski definition) is 5. The van der Waals surface area contributed by atoms with Crippen LogP contribution in [0.5, 0.6) is 0 Å². The second-order valence-electron chi connectivity index (χ2n) is 3.78. The third kappa shape index (κ3) is 3.63. The van der Waals surface area contributed by atoms with E-state index in [9.17, 15) is 14.9 Å². The Hall–Kier alpha value is -1.76. The Bertz CT molecular complexity index is 465. The average molecular weight is 269 g/mol. The van der Waals surface area contributed by atoms with Gasteiger partial charge in [0, 0.05) is 23.4 Å². The Kier molecular flexibility index (Phi) is 4.96. The topological polar surface area (TPSA) is 98.3 Å². The predicted molar refractivity (Wildman–Crippen MR) is 73.1 cm³/mol. The highest BCUT2D eigenvalue weighted by atomic mass is 32.2. The summed E-state index contributed by atoms with van der Waals surface area (Å²) in [6.45, 7) is 2.58. The molecule has 7 heteroatoms. The van der Waals surface area contributed by atoms with Crippen LogP contribution in [0.15, 0.2) is 18.2 Å². The van der Waals surface area contributed by atoms with Crippen LogP contribution in [0, 0.1) is 10.1 Å². The van der Waals surface area contributed by atoms with E-state index in [0.717, 1.165) is 0 Å². The average Bonchev–Trinajstić information content (AvgIpc) is 2.35. The molecule has 0 saturated carbocycles. The number of rotatable bonds is 6. The van der Waals surface area contributed by atoms with Crippen LogP contribution in [0.2, 0.25) is 0 Å². The van der Waals surface area contributed by atoms with Gasteiger partial charge in [0.25, 0.3) is 5.69 Å². The lowest BCUT2D eigenvalue weighted by molar-refractivity contribution is -0.384. The third-order valence-electron chi connectivity index (χ3n) is 2.46. The van der Waals surface area contributed by atoms with Crippen molar-refractivity contribution < 1.29 is 9.72 Å². The monoisotopic (exact) mass is 269 g/mol. The van der Waals surface area contributed by atoms with Crippen LogP contribution in [0.4, 0.5) is 11.4 Å². The van der Waals surface area contributed by atoms with Gasteiger partial charge < -0.3 is 11.1 Å². The van der Waals surface area contributed by atoms with Crippen LogP contribution < -0.4 is 11.1 Å². The second-order valence-corrected chi connectivity index (χ2v) is 5.06. The number of primary amides is 1. The number of nitro benzene ring substituents is 1. The zero-order valence-corrected chi connectivity index (χ0v) is 11.0. The van der Waals surface area contributed by atoms with Crippen molar-refractivity contribution in [2.75, 3.05) is 18.1 Å². The van der Waals surface area contributed by atoms with Gasteiger partial charge in [-0.25, -0.2) is 0 Å². The van der Waals surface area contributed by atoms with E-state index in [4.69, 9.17) is 5.73 Å². The van der Waals surface area contributed by atoms with E-state index in [1.807, 2.05) is 13.2 Å². The molecule has 0 aliphatic rings. The molecule has 0 spiro atoms. The molecule has 0 aliphatic carbocycles. The van der Waals surface area contributed by atoms with Gasteiger partial charge in [-0.2, -0.15) is 11.8 Å². The largest absolute Gasteiger partial charge is 0.378 e. The molecule has 1 amide bonds. The Balaban J connectivity index is 3.00. The quantitative estimate of drug-likeness (QED) is 0.606. The van der Waals surface area contributed by atoms with E-state index in [2.05, 4.69) is 5.32 Å². The number of hydrogen-bond donors (Lipinski definition) is 2. The van der Waals surface area contributed by atoms with Crippen molar-refractivity contribution >= 4 is 29.0 Å². The predicted octanol–water partition coefficient (Wildman–Crippen LogP) is 1.86. The maximum Gasteiger partial charge on any atom is 0.292 e. The summed E-state index contributed by atoms with van der Waals surface area (Å²) in [5.41, 5.74) is 5.66. The minimum Gasteiger partial charge on any atom is -0.378 e. The summed E-state index contributed by atoms with van der Waals surface area (Å²) in [6.07, 6.45) is 1.96. The fourth-order valence-corrected chi connectivity index (χ4v) is 1.58. The van der Waals surface area contributed by atoms with Crippen LogP contribution in [-0.4, -0.2) is 28.9 Å². The van der Waals surface area contributed by atoms with Crippen LogP contribution in [-0.2, 0) is 0 Å². The zero-order valence-electron chi connectivity index (χ0n) is 10.2. The highest BCUT2D eigenvalue weighted by Gasteiger charge is 2.16. The molecule has 0 aromatic heterocycles. The number of anilines is 1. The first kappa shape index (κ1) is 14.3. The highest BCUT2D eigenvalue weighted by Crippen LogP contribution is 2.25. The lowest BCUT2D eigenvalue weighted by atomic mass is 10.1. The summed E-state index contributed by atoms with van der Waals surface area (Å²) in [6, 6.07) is 4.04. The fourth-order valence-electron chi connectivity index (χ4n) is 1.33. The fraction of sp³-hybridized carbons (Fsp3) is 0.364. The number of nitro groups is 1. The van der Waals surface area contributed by atoms with Gasteiger partial charge in [-0.05, 0) is 18.4 Å². The van der Waals surface area contributed by atoms with Gasteiger partial charge in [-0.3, -0.25) is 14.9 Å². The molecule has 1 unspecified atom stereocenters. The first-order valence-electron chi connectivity index (χ1n) is 5.30. The van der Waals surface area contributed by atoms with Crippen LogP contribution in [0.1, 0.15) is 17.3 Å². The van der Waals surface area contributed by atoms with E-state index >= 15 is 0 Å². The van der Waals surface area contributed by atoms with Gasteiger partial charge in [0.05, 0.1) is 4.92 Å². The molecule has 6 nitrogen and oxygen atoms in total. The van der Waals surface area contributed by atoms with Gasteiger partial charge in [-0.15, -0.1) is 0 Å². The molecule has 0 radical (unpaired) electrons. The summed E-state index contributed by atoms with van der Waals surface area (Å²) >= 11 is 1.64. The van der Waals surface area contributed by atoms with Crippen molar-refractivity contribution in [2.24, 2.45) is 5.73 Å². The number of nitrogens with two attached hydrogens (primary N) is 1. The number of nitrogens with zero attached hydrogens (tertiary/aromatic N) is 1. The highest BCUT2D eigenvalue weighted by molar-refractivity contribution is 7.99. The minimum atomic E-state index is -0.606. The van der Waals surface area contributed by atoms with E-state index in [1.165, 1.54) is 18.2 Å². The zero-order chi connectivity index (χ0) is 13.7. The van der Waals surface area contributed by atoms with Crippen molar-refractivity contribution in [1.29, 1.82) is 0 Å². The lowest BCUT2D eigenvalue weighted by Gasteiger charge is -2.11. The number of thioether (sulfide) groups is 1. The van der Waals surface area contributed by atoms with Gasteiger partial charge in [0.2, 0.25) is 5.91 Å². The number of benzene rings is 1. The summed E-state index contributed by atoms with van der Waals surface area (Å²) < 4.78 is 0. The van der Waals surface area contributed by atoms with Crippen LogP contribution >= 0.6 is 11.8 Å². The molecule has 1 aromatic rings. The molecular weight excluding hydrogens is 254 g/mol. The summed E-state index contributed by atoms with van der Waals surface area (Å²) in [5, 5.41) is 14.1. The molecule has 18 heavy (non-hydrogen) atoms. The molecule has 0 aliphatic heterocycles. The van der Waals surface area contributed by atoms with E-state index in [0.29, 0.717) is 17.5 Å². The molecule has 1 atom stereocenters. The Morgan fingerprint density at radius 3 is 2.78 bits per heavy atom. The molecular formula is C11H15N3O3S. The van der Waals surface area contributed by atoms with Gasteiger partial charge in [-0.1, -0.05) is 6.92 Å². The lowest BCUT2D eigenvalue weighted by Crippen LogP contribution is -2.15. The Morgan fingerprint density at radius 2 is 2.28 bits per heavy atom. The van der Waals surface area contributed by atoms with Gasteiger partial charge >= 0.3 is 0 Å². The normalized spacial score (nSPS) is 11.9. The van der Waals surface area contributed by atoms with Crippen molar-refractivity contribution in [3.05, 3.63) is 33.9 Å². The summed E-state index contributed by atoms with van der Waals surface area (Å²) in [4.78, 5) is 21.4. The molecule has 0 heterocycles. The third-order valence-corrected chi connectivity index (χ3v) is 3.43. The number of amides is 1. The maximum atomic E-state index is 11.0. The molecule has 0 fully saturated rings. The number of carbonyl (C=O) groups excluding carboxylic acids is 1. The van der Waals surface area contributed by atoms with Crippen LogP contribution in [0.3, 0.4) is 0 Å². The van der Waals surface area contributed by atoms with Crippen molar-refractivity contribution in [3.8, 4) is 0 Å². The van der Waals surface area contributed by atoms with E-state index in [1.54, 1.807) is 11.8 Å². The molecule has 0 saturated heterocycles. The first-order chi connectivity index (χ1) is 8.45. The Morgan fingerprint density at radius 1 is 1.61 bits per heavy atom. The molecule has 3 N–H and O–H groups in total. The smallest absolute Gasteiger partial charge is 0.292 e. The molecule has 0 bridgehead atoms. The number of nitrogens with one attached hydrogen (secondary N) is 1. The first-order valence-corrected chi connectivity index (χ1v) is 6.59. The van der Waals surface area contributed by atoms with Crippen molar-refractivity contribution in [1.82, 2.24) is 0 Å². The molecule has 1 rings (SSSR count). The van der Waals surface area contributed by atoms with Crippen molar-refractivity contribution in [2.45, 2.75) is 12.2 Å². The van der Waals surface area contributed by atoms with Crippen LogP contribution in [0.25, 0.3) is 0 Å². The SMILES string of the molecule is CSC(C)CNc1cc(C(N)=O)ccc1[N+](=O)[O-]. The minimum absolute atomic E-state index is 0.0618. The van der Waals surface area contributed by atoms with E-state index < -0.39 is 10.8 Å². The summed E-state index contributed by atoms with van der Waals surface area (Å²) in [5.74, 6) is -0.606. The van der Waals surface area contributed by atoms with Gasteiger partial charge in [0.1, 0.15) is 5.69 Å². The number of carbonyl (C=O) groups is 1. The standard InChI is InChI=1S/C11H15N3O3S/c1-7(18-2)6-13-9-5-8(11(12)15)3-4-10(9)14(16)17/h3-5,7,13H,6H2,1-2H3,(H2,12,15). The van der Waals surface area contributed by atoms with Gasteiger partial charge in [0.15, 0.2) is 0 Å². The maximum absolute atomic E-state index is 11.0. The Labute approximate surface area is 109 Å². The molecule has 1 aromatic carbocycles. The molecule has 98 valence electrons.